The number of hydrogen-bond donors (Lipinski definition) is 2. The van der Waals surface area contributed by atoms with Crippen LogP contribution in [0.2, 0.25) is 0 Å². The minimum Gasteiger partial charge on any atom is -0.450 e. The molecular weight excluding hydrogens is 306 g/mol. The van der Waals surface area contributed by atoms with Gasteiger partial charge in [0.1, 0.15) is 6.54 Å². The van der Waals surface area contributed by atoms with Gasteiger partial charge in [0, 0.05) is 22.7 Å². The highest BCUT2D eigenvalue weighted by molar-refractivity contribution is 6.08. The molecule has 1 aromatic heterocycles. The smallest absolute Gasteiger partial charge is 0.410 e. The summed E-state index contributed by atoms with van der Waals surface area (Å²) in [5, 5.41) is 0.990. The molecule has 0 atom stereocenters. The van der Waals surface area contributed by atoms with E-state index in [9.17, 15) is 9.59 Å². The van der Waals surface area contributed by atoms with Gasteiger partial charge in [0.05, 0.1) is 32.8 Å². The third kappa shape index (κ3) is 3.43. The molecule has 6 heteroatoms. The lowest BCUT2D eigenvalue weighted by Crippen LogP contribution is -3.15. The third-order valence-electron chi connectivity index (χ3n) is 4.54. The number of quaternary nitrogens is 1. The summed E-state index contributed by atoms with van der Waals surface area (Å²) in [6.07, 6.45) is 1.55. The second-order valence-electron chi connectivity index (χ2n) is 6.29. The molecular formula is C18H24N3O3+. The van der Waals surface area contributed by atoms with Crippen molar-refractivity contribution in [3.8, 4) is 0 Å². The highest BCUT2D eigenvalue weighted by Crippen LogP contribution is 2.19. The fraction of sp³-hybridized carbons (Fsp3) is 0.444. The molecule has 2 aromatic rings. The summed E-state index contributed by atoms with van der Waals surface area (Å²) in [5.41, 5.74) is 2.90. The Morgan fingerprint density at radius 2 is 2.04 bits per heavy atom. The number of Topliss-reactive ketones (excluding diaryl/α,β-unsaturated/α-hetero) is 1. The number of aryl methyl sites for hydroxylation is 1. The summed E-state index contributed by atoms with van der Waals surface area (Å²) < 4.78 is 5.02. The summed E-state index contributed by atoms with van der Waals surface area (Å²) in [7, 11) is 0. The number of fused-ring (bicyclic) bond motifs is 1. The average molecular weight is 330 g/mol. The Morgan fingerprint density at radius 1 is 1.29 bits per heavy atom. The van der Waals surface area contributed by atoms with Crippen LogP contribution in [0.25, 0.3) is 10.9 Å². The van der Waals surface area contributed by atoms with Gasteiger partial charge in [-0.3, -0.25) is 9.69 Å². The molecule has 128 valence electrons. The zero-order chi connectivity index (χ0) is 17.1. The lowest BCUT2D eigenvalue weighted by atomic mass is 10.1. The van der Waals surface area contributed by atoms with Gasteiger partial charge in [0.15, 0.2) is 0 Å². The summed E-state index contributed by atoms with van der Waals surface area (Å²) >= 11 is 0. The van der Waals surface area contributed by atoms with Crippen LogP contribution in [0.1, 0.15) is 22.8 Å². The lowest BCUT2D eigenvalue weighted by molar-refractivity contribution is -0.895. The molecule has 2 N–H and O–H groups in total. The van der Waals surface area contributed by atoms with E-state index in [1.807, 2.05) is 25.1 Å². The molecule has 6 nitrogen and oxygen atoms in total. The van der Waals surface area contributed by atoms with E-state index in [2.05, 4.69) is 4.98 Å². The van der Waals surface area contributed by atoms with Crippen LogP contribution in [-0.4, -0.2) is 61.1 Å². The van der Waals surface area contributed by atoms with Crippen molar-refractivity contribution in [3.63, 3.8) is 0 Å². The monoisotopic (exact) mass is 330 g/mol. The molecule has 1 aliphatic rings. The Bertz CT molecular complexity index is 745. The number of carbonyl (C=O) groups excluding carboxylic acids is 2. The van der Waals surface area contributed by atoms with Gasteiger partial charge >= 0.3 is 6.09 Å². The van der Waals surface area contributed by atoms with E-state index in [0.717, 1.165) is 35.1 Å². The number of ketones is 1. The zero-order valence-electron chi connectivity index (χ0n) is 14.2. The first kappa shape index (κ1) is 16.5. The minimum atomic E-state index is -0.255. The number of carbonyl (C=O) groups is 2. The Kier molecular flexibility index (Phi) is 4.85. The van der Waals surface area contributed by atoms with Gasteiger partial charge < -0.3 is 14.6 Å². The van der Waals surface area contributed by atoms with Crippen molar-refractivity contribution in [1.82, 2.24) is 9.88 Å². The minimum absolute atomic E-state index is 0.145. The highest BCUT2D eigenvalue weighted by atomic mass is 16.6. The Morgan fingerprint density at radius 3 is 2.75 bits per heavy atom. The fourth-order valence-electron chi connectivity index (χ4n) is 3.18. The number of aromatic amines is 1. The molecule has 1 aliphatic heterocycles. The summed E-state index contributed by atoms with van der Waals surface area (Å²) in [5.74, 6) is 0.145. The zero-order valence-corrected chi connectivity index (χ0v) is 14.2. The Labute approximate surface area is 141 Å². The molecule has 1 aromatic carbocycles. The number of nitrogens with zero attached hydrogens (tertiary/aromatic N) is 1. The van der Waals surface area contributed by atoms with Crippen LogP contribution in [0.4, 0.5) is 4.79 Å². The van der Waals surface area contributed by atoms with Gasteiger partial charge in [0.25, 0.3) is 0 Å². The van der Waals surface area contributed by atoms with E-state index < -0.39 is 0 Å². The van der Waals surface area contributed by atoms with E-state index in [-0.39, 0.29) is 11.9 Å². The van der Waals surface area contributed by atoms with Crippen molar-refractivity contribution in [3.05, 3.63) is 35.5 Å². The van der Waals surface area contributed by atoms with E-state index in [1.165, 1.54) is 4.90 Å². The molecule has 0 unspecified atom stereocenters. The number of amides is 1. The van der Waals surface area contributed by atoms with Crippen molar-refractivity contribution in [2.24, 2.45) is 0 Å². The quantitative estimate of drug-likeness (QED) is 0.823. The predicted molar refractivity (Wildman–Crippen MR) is 91.5 cm³/mol. The number of nitrogens with one attached hydrogen (secondary N) is 2. The highest BCUT2D eigenvalue weighted by Gasteiger charge is 2.26. The molecule has 1 fully saturated rings. The molecule has 24 heavy (non-hydrogen) atoms. The van der Waals surface area contributed by atoms with Gasteiger partial charge in [-0.2, -0.15) is 0 Å². The van der Waals surface area contributed by atoms with Crippen LogP contribution < -0.4 is 4.90 Å². The van der Waals surface area contributed by atoms with Crippen molar-refractivity contribution in [2.45, 2.75) is 13.8 Å². The summed E-state index contributed by atoms with van der Waals surface area (Å²) in [4.78, 5) is 30.5. The molecule has 0 radical (unpaired) electrons. The number of benzene rings is 1. The van der Waals surface area contributed by atoms with Crippen LogP contribution in [-0.2, 0) is 4.74 Å². The van der Waals surface area contributed by atoms with Crippen molar-refractivity contribution < 1.29 is 19.2 Å². The molecule has 0 bridgehead atoms. The summed E-state index contributed by atoms with van der Waals surface area (Å²) in [6, 6.07) is 6.09. The summed E-state index contributed by atoms with van der Waals surface area (Å²) in [6.45, 7) is 7.49. The van der Waals surface area contributed by atoms with E-state index >= 15 is 0 Å². The largest absolute Gasteiger partial charge is 0.450 e. The Balaban J connectivity index is 1.61. The number of hydrogen-bond acceptors (Lipinski definition) is 3. The maximum Gasteiger partial charge on any atom is 0.410 e. The van der Waals surface area contributed by atoms with Crippen LogP contribution in [0.15, 0.2) is 24.4 Å². The normalized spacial score (nSPS) is 15.7. The van der Waals surface area contributed by atoms with Crippen molar-refractivity contribution >= 4 is 22.8 Å². The topological polar surface area (TPSA) is 66.8 Å². The molecule has 1 saturated heterocycles. The molecule has 1 amide bonds. The van der Waals surface area contributed by atoms with Crippen molar-refractivity contribution in [2.75, 3.05) is 39.3 Å². The fourth-order valence-corrected chi connectivity index (χ4v) is 3.18. The lowest BCUT2D eigenvalue weighted by Gasteiger charge is -2.31. The standard InChI is InChI=1S/C18H23N3O3/c1-3-24-18(23)21-8-6-20(7-9-21)12-17(22)15-11-19-16-5-4-13(2)10-14(15)16/h4-5,10-11,19H,3,6-9,12H2,1-2H3/p+1. The average Bonchev–Trinajstić information content (AvgIpc) is 2.98. The van der Waals surface area contributed by atoms with E-state index in [4.69, 9.17) is 4.74 Å². The first-order valence-corrected chi connectivity index (χ1v) is 8.44. The van der Waals surface area contributed by atoms with Crippen LogP contribution in [0, 0.1) is 6.92 Å². The number of H-pyrrole nitrogens is 1. The first-order valence-electron chi connectivity index (χ1n) is 8.44. The Hall–Kier alpha value is -2.34. The van der Waals surface area contributed by atoms with Crippen LogP contribution in [0.5, 0.6) is 0 Å². The molecule has 2 heterocycles. The predicted octanol–water partition coefficient (Wildman–Crippen LogP) is 1.02. The number of rotatable bonds is 4. The number of piperazine rings is 1. The number of aromatic nitrogens is 1. The third-order valence-corrected chi connectivity index (χ3v) is 4.54. The van der Waals surface area contributed by atoms with Gasteiger partial charge in [-0.05, 0) is 26.0 Å². The van der Waals surface area contributed by atoms with Gasteiger partial charge in [0.2, 0.25) is 5.78 Å². The van der Waals surface area contributed by atoms with Crippen LogP contribution in [0.3, 0.4) is 0 Å². The molecule has 3 rings (SSSR count). The second kappa shape index (κ2) is 7.05. The number of ether oxygens (including phenoxy) is 1. The first-order chi connectivity index (χ1) is 11.6. The van der Waals surface area contributed by atoms with Gasteiger partial charge in [-0.15, -0.1) is 0 Å². The van der Waals surface area contributed by atoms with Crippen LogP contribution >= 0.6 is 0 Å². The second-order valence-corrected chi connectivity index (χ2v) is 6.29. The van der Waals surface area contributed by atoms with Gasteiger partial charge in [-0.25, -0.2) is 4.79 Å². The maximum atomic E-state index is 12.7. The molecule has 0 saturated carbocycles. The van der Waals surface area contributed by atoms with E-state index in [1.54, 1.807) is 18.0 Å². The maximum absolute atomic E-state index is 12.7. The molecule has 0 aliphatic carbocycles. The molecule has 0 spiro atoms. The van der Waals surface area contributed by atoms with Crippen molar-refractivity contribution in [1.29, 1.82) is 0 Å². The van der Waals surface area contributed by atoms with E-state index in [0.29, 0.717) is 26.2 Å². The SMILES string of the molecule is CCOC(=O)N1CC[NH+](CC(=O)c2c[nH]c3ccc(C)cc23)CC1. The van der Waals surface area contributed by atoms with Gasteiger partial charge in [-0.1, -0.05) is 11.6 Å².